The van der Waals surface area contributed by atoms with Gasteiger partial charge in [-0.05, 0) is 49.7 Å². The Hall–Kier alpha value is -1.98. The van der Waals surface area contributed by atoms with Crippen LogP contribution in [-0.2, 0) is 4.79 Å². The van der Waals surface area contributed by atoms with Crippen LogP contribution in [0.4, 0.5) is 8.78 Å². The monoisotopic (exact) mass is 390 g/mol. The van der Waals surface area contributed by atoms with Crippen LogP contribution in [-0.4, -0.2) is 47.8 Å². The average Bonchev–Trinajstić information content (AvgIpc) is 2.72. The highest BCUT2D eigenvalue weighted by Gasteiger charge is 2.36. The Balaban J connectivity index is 1.32. The molecule has 6 heteroatoms. The number of halogens is 2. The zero-order chi connectivity index (χ0) is 19.7. The lowest BCUT2D eigenvalue weighted by Crippen LogP contribution is -2.49. The minimum atomic E-state index is -0.835. The second kappa shape index (κ2) is 8.18. The molecule has 2 aliphatic heterocycles. The predicted octanol–water partition coefficient (Wildman–Crippen LogP) is 3.86. The Morgan fingerprint density at radius 2 is 1.54 bits per heavy atom. The summed E-state index contributed by atoms with van der Waals surface area (Å²) in [4.78, 5) is 29.1. The van der Waals surface area contributed by atoms with Gasteiger partial charge in [0.1, 0.15) is 11.6 Å². The first kappa shape index (κ1) is 19.3. The van der Waals surface area contributed by atoms with Crippen molar-refractivity contribution in [3.05, 3.63) is 35.4 Å². The number of amides is 2. The first-order chi connectivity index (χ1) is 13.5. The van der Waals surface area contributed by atoms with E-state index in [1.54, 1.807) is 4.90 Å². The number of carbonyl (C=O) groups is 2. The molecule has 152 valence electrons. The molecule has 1 aromatic carbocycles. The van der Waals surface area contributed by atoms with Crippen LogP contribution in [0, 0.1) is 29.4 Å². The molecule has 0 unspecified atom stereocenters. The molecule has 2 atom stereocenters. The first-order valence-electron chi connectivity index (χ1n) is 10.6. The Kier molecular flexibility index (Phi) is 5.65. The van der Waals surface area contributed by atoms with E-state index >= 15 is 0 Å². The second-order valence-corrected chi connectivity index (χ2v) is 8.57. The number of likely N-dealkylation sites (tertiary alicyclic amines) is 2. The van der Waals surface area contributed by atoms with Crippen molar-refractivity contribution in [1.82, 2.24) is 9.80 Å². The molecule has 3 aliphatic rings. The summed E-state index contributed by atoms with van der Waals surface area (Å²) in [6, 6.07) is 3.03. The Morgan fingerprint density at radius 3 is 2.25 bits per heavy atom. The van der Waals surface area contributed by atoms with Crippen LogP contribution in [0.25, 0.3) is 0 Å². The van der Waals surface area contributed by atoms with E-state index in [9.17, 15) is 18.4 Å². The summed E-state index contributed by atoms with van der Waals surface area (Å²) in [6.45, 7) is 2.63. The summed E-state index contributed by atoms with van der Waals surface area (Å²) in [5.41, 5.74) is -0.106. The van der Waals surface area contributed by atoms with Crippen LogP contribution in [0.5, 0.6) is 0 Å². The van der Waals surface area contributed by atoms with Crippen molar-refractivity contribution in [2.24, 2.45) is 17.8 Å². The van der Waals surface area contributed by atoms with E-state index in [1.165, 1.54) is 31.7 Å². The van der Waals surface area contributed by atoms with Crippen LogP contribution in [0.15, 0.2) is 18.2 Å². The summed E-state index contributed by atoms with van der Waals surface area (Å²) >= 11 is 0. The van der Waals surface area contributed by atoms with Gasteiger partial charge in [-0.3, -0.25) is 9.59 Å². The lowest BCUT2D eigenvalue weighted by molar-refractivity contribution is -0.140. The third-order valence-electron chi connectivity index (χ3n) is 6.90. The van der Waals surface area contributed by atoms with Gasteiger partial charge in [-0.2, -0.15) is 0 Å². The third kappa shape index (κ3) is 3.91. The van der Waals surface area contributed by atoms with Gasteiger partial charge in [0.25, 0.3) is 5.91 Å². The fraction of sp³-hybridized carbons (Fsp3) is 0.636. The van der Waals surface area contributed by atoms with Crippen LogP contribution >= 0.6 is 0 Å². The molecule has 28 heavy (non-hydrogen) atoms. The highest BCUT2D eigenvalue weighted by atomic mass is 19.1. The van der Waals surface area contributed by atoms with E-state index in [2.05, 4.69) is 0 Å². The standard InChI is InChI=1S/C22H28F2N2O2/c23-18-5-6-19(20(24)13-18)22(28)25-10-8-16(9-11-25)21(27)26-12-7-15-3-1-2-4-17(15)14-26/h5-6,13,15-17H,1-4,7-12,14H2/t15-,17-/m0/s1. The van der Waals surface area contributed by atoms with Crippen molar-refractivity contribution in [3.63, 3.8) is 0 Å². The summed E-state index contributed by atoms with van der Waals surface area (Å²) in [5, 5.41) is 0. The number of piperidine rings is 2. The Morgan fingerprint density at radius 1 is 0.857 bits per heavy atom. The molecule has 1 aliphatic carbocycles. The zero-order valence-corrected chi connectivity index (χ0v) is 16.2. The molecule has 4 nitrogen and oxygen atoms in total. The van der Waals surface area contributed by atoms with Crippen molar-refractivity contribution in [2.45, 2.75) is 44.9 Å². The van der Waals surface area contributed by atoms with Gasteiger partial charge in [0.2, 0.25) is 5.91 Å². The van der Waals surface area contributed by atoms with Crippen LogP contribution in [0.1, 0.15) is 55.3 Å². The summed E-state index contributed by atoms with van der Waals surface area (Å²) in [6.07, 6.45) is 7.51. The van der Waals surface area contributed by atoms with Crippen molar-refractivity contribution in [3.8, 4) is 0 Å². The van der Waals surface area contributed by atoms with Crippen LogP contribution in [0.3, 0.4) is 0 Å². The van der Waals surface area contributed by atoms with Gasteiger partial charge in [-0.25, -0.2) is 8.78 Å². The number of hydrogen-bond acceptors (Lipinski definition) is 2. The maximum atomic E-state index is 13.9. The molecule has 0 spiro atoms. The van der Waals surface area contributed by atoms with Gasteiger partial charge in [-0.15, -0.1) is 0 Å². The molecule has 2 heterocycles. The number of fused-ring (bicyclic) bond motifs is 1. The highest BCUT2D eigenvalue weighted by Crippen LogP contribution is 2.37. The molecule has 0 bridgehead atoms. The number of benzene rings is 1. The average molecular weight is 390 g/mol. The van der Waals surface area contributed by atoms with Crippen molar-refractivity contribution < 1.29 is 18.4 Å². The zero-order valence-electron chi connectivity index (χ0n) is 16.2. The van der Waals surface area contributed by atoms with Crippen LogP contribution in [0.2, 0.25) is 0 Å². The molecule has 3 fully saturated rings. The molecule has 4 rings (SSSR count). The van der Waals surface area contributed by atoms with Crippen LogP contribution < -0.4 is 0 Å². The molecule has 1 aromatic rings. The maximum Gasteiger partial charge on any atom is 0.256 e. The molecule has 2 amide bonds. The smallest absolute Gasteiger partial charge is 0.256 e. The number of rotatable bonds is 2. The van der Waals surface area contributed by atoms with Gasteiger partial charge in [0, 0.05) is 38.2 Å². The lowest BCUT2D eigenvalue weighted by Gasteiger charge is -2.43. The van der Waals surface area contributed by atoms with E-state index in [0.717, 1.165) is 37.6 Å². The highest BCUT2D eigenvalue weighted by molar-refractivity contribution is 5.94. The van der Waals surface area contributed by atoms with Gasteiger partial charge in [0.15, 0.2) is 0 Å². The largest absolute Gasteiger partial charge is 0.342 e. The van der Waals surface area contributed by atoms with Gasteiger partial charge >= 0.3 is 0 Å². The van der Waals surface area contributed by atoms with Gasteiger partial charge < -0.3 is 9.80 Å². The van der Waals surface area contributed by atoms with E-state index < -0.39 is 17.5 Å². The number of carbonyl (C=O) groups excluding carboxylic acids is 2. The maximum absolute atomic E-state index is 13.9. The summed E-state index contributed by atoms with van der Waals surface area (Å²) in [7, 11) is 0. The quantitative estimate of drug-likeness (QED) is 0.770. The molecular weight excluding hydrogens is 362 g/mol. The molecule has 0 radical (unpaired) electrons. The van der Waals surface area contributed by atoms with Crippen molar-refractivity contribution >= 4 is 11.8 Å². The Labute approximate surface area is 164 Å². The molecule has 0 aromatic heterocycles. The fourth-order valence-corrected chi connectivity index (χ4v) is 5.22. The second-order valence-electron chi connectivity index (χ2n) is 8.57. The van der Waals surface area contributed by atoms with E-state index in [-0.39, 0.29) is 17.4 Å². The molecule has 0 N–H and O–H groups in total. The van der Waals surface area contributed by atoms with E-state index in [0.29, 0.717) is 31.8 Å². The minimum absolute atomic E-state index is 0.0535. The molecular formula is C22H28F2N2O2. The van der Waals surface area contributed by atoms with E-state index in [4.69, 9.17) is 0 Å². The van der Waals surface area contributed by atoms with Crippen molar-refractivity contribution in [1.29, 1.82) is 0 Å². The lowest BCUT2D eigenvalue weighted by atomic mass is 9.75. The first-order valence-corrected chi connectivity index (χ1v) is 10.6. The van der Waals surface area contributed by atoms with Gasteiger partial charge in [-0.1, -0.05) is 19.3 Å². The number of hydrogen-bond donors (Lipinski definition) is 0. The minimum Gasteiger partial charge on any atom is -0.342 e. The SMILES string of the molecule is O=C(c1ccc(F)cc1F)N1CCC(C(=O)N2CC[C@@H]3CCCC[C@H]3C2)CC1. The number of nitrogens with zero attached hydrogens (tertiary/aromatic N) is 2. The summed E-state index contributed by atoms with van der Waals surface area (Å²) < 4.78 is 27.0. The topological polar surface area (TPSA) is 40.6 Å². The molecule has 1 saturated carbocycles. The molecule has 2 saturated heterocycles. The fourth-order valence-electron chi connectivity index (χ4n) is 5.22. The summed E-state index contributed by atoms with van der Waals surface area (Å²) in [5.74, 6) is -0.325. The third-order valence-corrected chi connectivity index (χ3v) is 6.90. The van der Waals surface area contributed by atoms with E-state index in [1.807, 2.05) is 4.90 Å². The predicted molar refractivity (Wildman–Crippen MR) is 102 cm³/mol. The van der Waals surface area contributed by atoms with Gasteiger partial charge in [0.05, 0.1) is 5.56 Å². The Bertz CT molecular complexity index is 746. The normalized spacial score (nSPS) is 26.1. The van der Waals surface area contributed by atoms with Crippen molar-refractivity contribution in [2.75, 3.05) is 26.2 Å².